The fourth-order valence-corrected chi connectivity index (χ4v) is 1.95. The molecular formula is C15H17F3N4O. The summed E-state index contributed by atoms with van der Waals surface area (Å²) in [4.78, 5) is 12.1. The molecule has 0 bridgehead atoms. The van der Waals surface area contributed by atoms with E-state index in [9.17, 15) is 18.0 Å². The van der Waals surface area contributed by atoms with Gasteiger partial charge in [-0.05, 0) is 38.2 Å². The normalized spacial score (nSPS) is 12.9. The highest BCUT2D eigenvalue weighted by molar-refractivity contribution is 5.94. The van der Waals surface area contributed by atoms with Crippen molar-refractivity contribution >= 4 is 5.91 Å². The third-order valence-corrected chi connectivity index (χ3v) is 3.35. The molecule has 1 amide bonds. The van der Waals surface area contributed by atoms with Crippen LogP contribution < -0.4 is 10.6 Å². The lowest BCUT2D eigenvalue weighted by Gasteiger charge is -2.13. The molecule has 1 unspecified atom stereocenters. The minimum absolute atomic E-state index is 0.0880. The van der Waals surface area contributed by atoms with E-state index in [-0.39, 0.29) is 23.2 Å². The fraction of sp³-hybridized carbons (Fsp3) is 0.333. The van der Waals surface area contributed by atoms with Crippen LogP contribution in [0, 0.1) is 0 Å². The van der Waals surface area contributed by atoms with Gasteiger partial charge >= 0.3 is 6.18 Å². The number of nitrogens with one attached hydrogen (secondary N) is 2. The van der Waals surface area contributed by atoms with Crippen molar-refractivity contribution in [2.45, 2.75) is 19.1 Å². The standard InChI is InChI=1S/C15H17F3N4O/c1-10(19-2)9-20-14(23)11-4-3-5-12(8-11)22-13(6-7-21-22)15(16,17)18/h3-8,10,19H,9H2,1-2H3,(H,20,23). The van der Waals surface area contributed by atoms with Crippen LogP contribution in [0.1, 0.15) is 23.0 Å². The second-order valence-electron chi connectivity index (χ2n) is 5.08. The first kappa shape index (κ1) is 17.0. The molecule has 0 radical (unpaired) electrons. The van der Waals surface area contributed by atoms with Gasteiger partial charge in [0.05, 0.1) is 11.9 Å². The Balaban J connectivity index is 2.24. The van der Waals surface area contributed by atoms with Gasteiger partial charge in [-0.1, -0.05) is 6.07 Å². The van der Waals surface area contributed by atoms with Crippen molar-refractivity contribution in [2.24, 2.45) is 0 Å². The molecule has 0 fully saturated rings. The third-order valence-electron chi connectivity index (χ3n) is 3.35. The third kappa shape index (κ3) is 4.10. The second-order valence-corrected chi connectivity index (χ2v) is 5.08. The zero-order valence-electron chi connectivity index (χ0n) is 12.7. The van der Waals surface area contributed by atoms with E-state index in [2.05, 4.69) is 15.7 Å². The Hall–Kier alpha value is -2.35. The summed E-state index contributed by atoms with van der Waals surface area (Å²) < 4.78 is 39.6. The largest absolute Gasteiger partial charge is 0.433 e. The molecule has 124 valence electrons. The van der Waals surface area contributed by atoms with Gasteiger partial charge in [-0.15, -0.1) is 0 Å². The van der Waals surface area contributed by atoms with Crippen LogP contribution in [0.2, 0.25) is 0 Å². The first-order valence-corrected chi connectivity index (χ1v) is 7.00. The second kappa shape index (κ2) is 6.82. The maximum Gasteiger partial charge on any atom is 0.433 e. The van der Waals surface area contributed by atoms with Crippen molar-refractivity contribution < 1.29 is 18.0 Å². The number of carbonyl (C=O) groups is 1. The van der Waals surface area contributed by atoms with Crippen LogP contribution in [0.5, 0.6) is 0 Å². The van der Waals surface area contributed by atoms with E-state index in [0.717, 1.165) is 16.9 Å². The average molecular weight is 326 g/mol. The van der Waals surface area contributed by atoms with Gasteiger partial charge in [0, 0.05) is 18.2 Å². The number of hydrogen-bond acceptors (Lipinski definition) is 3. The SMILES string of the molecule is CNC(C)CNC(=O)c1cccc(-n2nccc2C(F)(F)F)c1. The molecule has 1 aromatic carbocycles. The zero-order valence-corrected chi connectivity index (χ0v) is 12.7. The molecule has 2 rings (SSSR count). The summed E-state index contributed by atoms with van der Waals surface area (Å²) in [5, 5.41) is 9.39. The van der Waals surface area contributed by atoms with Crippen LogP contribution in [0.3, 0.4) is 0 Å². The van der Waals surface area contributed by atoms with E-state index >= 15 is 0 Å². The van der Waals surface area contributed by atoms with Crippen molar-refractivity contribution in [1.29, 1.82) is 0 Å². The first-order valence-electron chi connectivity index (χ1n) is 7.00. The number of alkyl halides is 3. The Kier molecular flexibility index (Phi) is 5.05. The highest BCUT2D eigenvalue weighted by Crippen LogP contribution is 2.30. The molecule has 1 aromatic heterocycles. The molecule has 0 aliphatic heterocycles. The Morgan fingerprint density at radius 3 is 2.74 bits per heavy atom. The van der Waals surface area contributed by atoms with Crippen molar-refractivity contribution in [3.8, 4) is 5.69 Å². The topological polar surface area (TPSA) is 58.9 Å². The predicted octanol–water partition coefficient (Wildman–Crippen LogP) is 2.23. The summed E-state index contributed by atoms with van der Waals surface area (Å²) in [5.41, 5.74) is -0.440. The molecule has 23 heavy (non-hydrogen) atoms. The van der Waals surface area contributed by atoms with Gasteiger partial charge < -0.3 is 10.6 Å². The molecule has 2 N–H and O–H groups in total. The first-order chi connectivity index (χ1) is 10.8. The molecule has 8 heteroatoms. The summed E-state index contributed by atoms with van der Waals surface area (Å²) in [5.74, 6) is -0.352. The maximum atomic E-state index is 12.9. The maximum absolute atomic E-state index is 12.9. The van der Waals surface area contributed by atoms with Crippen LogP contribution in [0.4, 0.5) is 13.2 Å². The Morgan fingerprint density at radius 2 is 2.09 bits per heavy atom. The monoisotopic (exact) mass is 326 g/mol. The zero-order chi connectivity index (χ0) is 17.0. The average Bonchev–Trinajstić information content (AvgIpc) is 3.02. The number of likely N-dealkylation sites (N-methyl/N-ethyl adjacent to an activating group) is 1. The predicted molar refractivity (Wildman–Crippen MR) is 79.4 cm³/mol. The van der Waals surface area contributed by atoms with E-state index in [1.54, 1.807) is 13.1 Å². The van der Waals surface area contributed by atoms with Crippen LogP contribution >= 0.6 is 0 Å². The molecule has 0 spiro atoms. The summed E-state index contributed by atoms with van der Waals surface area (Å²) in [6, 6.07) is 6.89. The lowest BCUT2D eigenvalue weighted by atomic mass is 10.2. The number of hydrogen-bond donors (Lipinski definition) is 2. The van der Waals surface area contributed by atoms with Gasteiger partial charge in [0.15, 0.2) is 0 Å². The quantitative estimate of drug-likeness (QED) is 0.886. The van der Waals surface area contributed by atoms with E-state index in [4.69, 9.17) is 0 Å². The van der Waals surface area contributed by atoms with E-state index in [1.165, 1.54) is 18.2 Å². The van der Waals surface area contributed by atoms with E-state index < -0.39 is 11.9 Å². The number of nitrogens with zero attached hydrogens (tertiary/aromatic N) is 2. The lowest BCUT2D eigenvalue weighted by molar-refractivity contribution is -0.142. The van der Waals surface area contributed by atoms with Gasteiger partial charge in [-0.3, -0.25) is 4.79 Å². The number of rotatable bonds is 5. The molecule has 1 heterocycles. The molecule has 0 saturated carbocycles. The van der Waals surface area contributed by atoms with Crippen molar-refractivity contribution in [3.63, 3.8) is 0 Å². The summed E-state index contributed by atoms with van der Waals surface area (Å²) in [6.07, 6.45) is -3.44. The number of amides is 1. The van der Waals surface area contributed by atoms with E-state index in [0.29, 0.717) is 6.54 Å². The Bertz CT molecular complexity index is 681. The molecule has 5 nitrogen and oxygen atoms in total. The van der Waals surface area contributed by atoms with Crippen LogP contribution in [-0.4, -0.2) is 35.3 Å². The van der Waals surface area contributed by atoms with Gasteiger partial charge in [0.25, 0.3) is 5.91 Å². The van der Waals surface area contributed by atoms with Crippen molar-refractivity contribution in [3.05, 3.63) is 47.8 Å². The Labute approximate surface area is 131 Å². The van der Waals surface area contributed by atoms with Gasteiger partial charge in [-0.25, -0.2) is 4.68 Å². The van der Waals surface area contributed by atoms with Crippen LogP contribution in [-0.2, 0) is 6.18 Å². The number of benzene rings is 1. The summed E-state index contributed by atoms with van der Waals surface area (Å²) in [6.45, 7) is 2.31. The Morgan fingerprint density at radius 1 is 1.35 bits per heavy atom. The minimum atomic E-state index is -4.52. The number of halogens is 3. The highest BCUT2D eigenvalue weighted by atomic mass is 19.4. The highest BCUT2D eigenvalue weighted by Gasteiger charge is 2.35. The van der Waals surface area contributed by atoms with Crippen LogP contribution in [0.15, 0.2) is 36.5 Å². The molecule has 0 saturated heterocycles. The smallest absolute Gasteiger partial charge is 0.350 e. The lowest BCUT2D eigenvalue weighted by Crippen LogP contribution is -2.37. The summed E-state index contributed by atoms with van der Waals surface area (Å²) >= 11 is 0. The van der Waals surface area contributed by atoms with Gasteiger partial charge in [0.1, 0.15) is 5.69 Å². The summed E-state index contributed by atoms with van der Waals surface area (Å²) in [7, 11) is 1.77. The minimum Gasteiger partial charge on any atom is -0.350 e. The van der Waals surface area contributed by atoms with Crippen LogP contribution in [0.25, 0.3) is 5.69 Å². The van der Waals surface area contributed by atoms with E-state index in [1.807, 2.05) is 6.92 Å². The van der Waals surface area contributed by atoms with Gasteiger partial charge in [0.2, 0.25) is 0 Å². The number of carbonyl (C=O) groups excluding carboxylic acids is 1. The molecule has 0 aliphatic rings. The molecule has 1 atom stereocenters. The fourth-order valence-electron chi connectivity index (χ4n) is 1.95. The number of aromatic nitrogens is 2. The molecule has 2 aromatic rings. The van der Waals surface area contributed by atoms with Crippen molar-refractivity contribution in [2.75, 3.05) is 13.6 Å². The van der Waals surface area contributed by atoms with Gasteiger partial charge in [-0.2, -0.15) is 18.3 Å². The molecular weight excluding hydrogens is 309 g/mol. The van der Waals surface area contributed by atoms with Crippen molar-refractivity contribution in [1.82, 2.24) is 20.4 Å². The molecule has 0 aliphatic carbocycles.